The van der Waals surface area contributed by atoms with Crippen LogP contribution in [0.15, 0.2) is 24.5 Å². The lowest BCUT2D eigenvalue weighted by Crippen LogP contribution is -2.13. The van der Waals surface area contributed by atoms with Crippen LogP contribution in [0.1, 0.15) is 37.2 Å². The maximum atomic E-state index is 10.9. The van der Waals surface area contributed by atoms with Gasteiger partial charge in [-0.3, -0.25) is 9.78 Å². The summed E-state index contributed by atoms with van der Waals surface area (Å²) in [5, 5.41) is 0. The van der Waals surface area contributed by atoms with Crippen molar-refractivity contribution in [2.45, 2.75) is 31.6 Å². The predicted molar refractivity (Wildman–Crippen MR) is 73.8 cm³/mol. The van der Waals surface area contributed by atoms with Gasteiger partial charge in [0.15, 0.2) is 0 Å². The average molecular weight is 273 g/mol. The van der Waals surface area contributed by atoms with Crippen LogP contribution < -0.4 is 5.73 Å². The Balaban J connectivity index is 0.00000289. The van der Waals surface area contributed by atoms with Gasteiger partial charge in [0.1, 0.15) is 0 Å². The van der Waals surface area contributed by atoms with Crippen LogP contribution in [0.5, 0.6) is 0 Å². The van der Waals surface area contributed by atoms with E-state index in [2.05, 4.69) is 9.72 Å². The van der Waals surface area contributed by atoms with Gasteiger partial charge in [0.25, 0.3) is 0 Å². The summed E-state index contributed by atoms with van der Waals surface area (Å²) < 4.78 is 4.59. The smallest absolute Gasteiger partial charge is 0.305 e. The Kier molecular flexibility index (Phi) is 9.24. The predicted octanol–water partition coefficient (Wildman–Crippen LogP) is 2.28. The van der Waals surface area contributed by atoms with Crippen molar-refractivity contribution in [2.75, 3.05) is 13.7 Å². The first kappa shape index (κ1) is 16.9. The van der Waals surface area contributed by atoms with Gasteiger partial charge in [0.2, 0.25) is 0 Å². The highest BCUT2D eigenvalue weighted by atomic mass is 35.5. The molecule has 5 heteroatoms. The van der Waals surface area contributed by atoms with Crippen molar-refractivity contribution < 1.29 is 9.53 Å². The number of hydrogen-bond donors (Lipinski definition) is 1. The van der Waals surface area contributed by atoms with E-state index >= 15 is 0 Å². The Bertz CT molecular complexity index is 333. The number of carbonyl (C=O) groups excluding carboxylic acids is 1. The standard InChI is InChI=1S/C13H20N2O2.ClH/c1-17-13(16)7-3-2-5-11(9-14)12-6-4-8-15-10-12;/h4,6,8,10-11H,2-3,5,7,9,14H2,1H3;1H. The number of unbranched alkanes of at least 4 members (excludes halogenated alkanes) is 1. The molecule has 0 saturated heterocycles. The SMILES string of the molecule is COC(=O)CCCCC(CN)c1cccnc1.Cl. The molecule has 0 bridgehead atoms. The lowest BCUT2D eigenvalue weighted by molar-refractivity contribution is -0.140. The maximum Gasteiger partial charge on any atom is 0.305 e. The van der Waals surface area contributed by atoms with E-state index in [1.165, 1.54) is 12.7 Å². The maximum absolute atomic E-state index is 10.9. The van der Waals surface area contributed by atoms with Gasteiger partial charge < -0.3 is 10.5 Å². The Morgan fingerprint density at radius 1 is 1.50 bits per heavy atom. The molecule has 0 saturated carbocycles. The van der Waals surface area contributed by atoms with Crippen LogP contribution in [0.2, 0.25) is 0 Å². The Labute approximate surface area is 114 Å². The fourth-order valence-electron chi connectivity index (χ4n) is 1.80. The van der Waals surface area contributed by atoms with Gasteiger partial charge in [-0.2, -0.15) is 0 Å². The number of esters is 1. The Morgan fingerprint density at radius 2 is 2.28 bits per heavy atom. The molecular formula is C13H21ClN2O2. The first-order valence-electron chi connectivity index (χ1n) is 5.94. The molecule has 18 heavy (non-hydrogen) atoms. The van der Waals surface area contributed by atoms with E-state index in [1.807, 2.05) is 18.3 Å². The molecule has 0 radical (unpaired) electrons. The van der Waals surface area contributed by atoms with Crippen LogP contribution in [0, 0.1) is 0 Å². The Hall–Kier alpha value is -1.13. The number of halogens is 1. The van der Waals surface area contributed by atoms with Crippen LogP contribution in [0.3, 0.4) is 0 Å². The van der Waals surface area contributed by atoms with E-state index in [1.54, 1.807) is 6.20 Å². The minimum atomic E-state index is -0.143. The summed E-state index contributed by atoms with van der Waals surface area (Å²) in [6.45, 7) is 0.615. The van der Waals surface area contributed by atoms with Crippen molar-refractivity contribution in [2.24, 2.45) is 5.73 Å². The summed E-state index contributed by atoms with van der Waals surface area (Å²) >= 11 is 0. The van der Waals surface area contributed by atoms with Crippen molar-refractivity contribution in [1.29, 1.82) is 0 Å². The number of carbonyl (C=O) groups is 1. The quantitative estimate of drug-likeness (QED) is 0.611. The molecule has 1 rings (SSSR count). The molecule has 4 nitrogen and oxygen atoms in total. The van der Waals surface area contributed by atoms with Crippen LogP contribution in [-0.2, 0) is 9.53 Å². The number of pyridine rings is 1. The molecule has 0 aliphatic heterocycles. The van der Waals surface area contributed by atoms with Crippen molar-refractivity contribution in [3.8, 4) is 0 Å². The lowest BCUT2D eigenvalue weighted by Gasteiger charge is -2.14. The largest absolute Gasteiger partial charge is 0.469 e. The number of rotatable bonds is 7. The third-order valence-corrected chi connectivity index (χ3v) is 2.85. The van der Waals surface area contributed by atoms with E-state index in [0.717, 1.165) is 19.3 Å². The summed E-state index contributed by atoms with van der Waals surface area (Å²) in [5.41, 5.74) is 6.93. The average Bonchev–Trinajstić information content (AvgIpc) is 2.39. The highest BCUT2D eigenvalue weighted by Crippen LogP contribution is 2.20. The van der Waals surface area contributed by atoms with Gasteiger partial charge in [-0.05, 0) is 36.9 Å². The summed E-state index contributed by atoms with van der Waals surface area (Å²) in [5.74, 6) is 0.192. The molecule has 2 N–H and O–H groups in total. The first-order valence-corrected chi connectivity index (χ1v) is 5.94. The molecule has 1 unspecified atom stereocenters. The molecular weight excluding hydrogens is 252 g/mol. The monoisotopic (exact) mass is 272 g/mol. The highest BCUT2D eigenvalue weighted by molar-refractivity contribution is 5.85. The minimum absolute atomic E-state index is 0. The highest BCUT2D eigenvalue weighted by Gasteiger charge is 2.09. The summed E-state index contributed by atoms with van der Waals surface area (Å²) in [4.78, 5) is 15.0. The second-order valence-corrected chi connectivity index (χ2v) is 4.04. The molecule has 0 aliphatic rings. The van der Waals surface area contributed by atoms with E-state index in [0.29, 0.717) is 18.9 Å². The van der Waals surface area contributed by atoms with Crippen LogP contribution in [0.25, 0.3) is 0 Å². The zero-order valence-corrected chi connectivity index (χ0v) is 11.5. The minimum Gasteiger partial charge on any atom is -0.469 e. The molecule has 0 spiro atoms. The van der Waals surface area contributed by atoms with Gasteiger partial charge in [0.05, 0.1) is 7.11 Å². The zero-order chi connectivity index (χ0) is 12.5. The normalized spacial score (nSPS) is 11.4. The van der Waals surface area contributed by atoms with Crippen molar-refractivity contribution in [3.05, 3.63) is 30.1 Å². The molecule has 102 valence electrons. The van der Waals surface area contributed by atoms with Gasteiger partial charge in [-0.25, -0.2) is 0 Å². The second kappa shape index (κ2) is 9.85. The third kappa shape index (κ3) is 5.98. The van der Waals surface area contributed by atoms with Crippen LogP contribution >= 0.6 is 12.4 Å². The third-order valence-electron chi connectivity index (χ3n) is 2.85. The van der Waals surface area contributed by atoms with Crippen LogP contribution in [0.4, 0.5) is 0 Å². The molecule has 0 aliphatic carbocycles. The van der Waals surface area contributed by atoms with E-state index in [-0.39, 0.29) is 18.4 Å². The number of ether oxygens (including phenoxy) is 1. The van der Waals surface area contributed by atoms with E-state index < -0.39 is 0 Å². The second-order valence-electron chi connectivity index (χ2n) is 4.04. The number of hydrogen-bond acceptors (Lipinski definition) is 4. The number of nitrogens with zero attached hydrogens (tertiary/aromatic N) is 1. The Morgan fingerprint density at radius 3 is 2.83 bits per heavy atom. The molecule has 1 atom stereocenters. The molecule has 0 aromatic carbocycles. The van der Waals surface area contributed by atoms with Crippen molar-refractivity contribution in [3.63, 3.8) is 0 Å². The van der Waals surface area contributed by atoms with E-state index in [4.69, 9.17) is 5.73 Å². The molecule has 1 heterocycles. The topological polar surface area (TPSA) is 65.2 Å². The first-order chi connectivity index (χ1) is 8.27. The molecule has 1 aromatic heterocycles. The zero-order valence-electron chi connectivity index (χ0n) is 10.7. The number of methoxy groups -OCH3 is 1. The molecule has 0 amide bonds. The van der Waals surface area contributed by atoms with Crippen LogP contribution in [-0.4, -0.2) is 24.6 Å². The fraction of sp³-hybridized carbons (Fsp3) is 0.538. The summed E-state index contributed by atoms with van der Waals surface area (Å²) in [6, 6.07) is 3.97. The van der Waals surface area contributed by atoms with Crippen molar-refractivity contribution >= 4 is 18.4 Å². The molecule has 0 fully saturated rings. The van der Waals surface area contributed by atoms with Gasteiger partial charge in [-0.15, -0.1) is 12.4 Å². The fourth-order valence-corrected chi connectivity index (χ4v) is 1.80. The lowest BCUT2D eigenvalue weighted by atomic mass is 9.94. The number of nitrogens with two attached hydrogens (primary N) is 1. The van der Waals surface area contributed by atoms with Gasteiger partial charge >= 0.3 is 5.97 Å². The number of aromatic nitrogens is 1. The van der Waals surface area contributed by atoms with E-state index in [9.17, 15) is 4.79 Å². The molecule has 1 aromatic rings. The van der Waals surface area contributed by atoms with Gasteiger partial charge in [-0.1, -0.05) is 12.5 Å². The van der Waals surface area contributed by atoms with Crippen molar-refractivity contribution in [1.82, 2.24) is 4.98 Å². The summed E-state index contributed by atoms with van der Waals surface area (Å²) in [6.07, 6.45) is 6.92. The van der Waals surface area contributed by atoms with Gasteiger partial charge in [0, 0.05) is 18.8 Å². The summed E-state index contributed by atoms with van der Waals surface area (Å²) in [7, 11) is 1.42.